The molecule has 0 rings (SSSR count). The van der Waals surface area contributed by atoms with E-state index < -0.39 is 22.0 Å². The van der Waals surface area contributed by atoms with Gasteiger partial charge in [0.25, 0.3) is 10.1 Å². The lowest BCUT2D eigenvalue weighted by molar-refractivity contribution is -0.916. The Morgan fingerprint density at radius 2 is 1.43 bits per heavy atom. The summed E-state index contributed by atoms with van der Waals surface area (Å²) in [6.45, 7) is 4.70. The predicted octanol–water partition coefficient (Wildman–Crippen LogP) is 3.23. The molecule has 2 unspecified atom stereocenters. The first-order valence-corrected chi connectivity index (χ1v) is 10.7. The van der Waals surface area contributed by atoms with Crippen LogP contribution in [-0.4, -0.2) is 61.1 Å². The number of aliphatic hydroxyl groups excluding tert-OH is 1. The minimum Gasteiger partial charge on any atom is -0.386 e. The average Bonchev–Trinajstić information content (AvgIpc) is 2.38. The van der Waals surface area contributed by atoms with Crippen molar-refractivity contribution >= 4 is 10.1 Å². The number of aliphatic hydroxyl groups is 1. The zero-order valence-electron chi connectivity index (χ0n) is 15.5. The number of nitrogens with zero attached hydrogens (tertiary/aromatic N) is 1. The number of rotatable bonds is 14. The second kappa shape index (κ2) is 11.4. The summed E-state index contributed by atoms with van der Waals surface area (Å²) in [7, 11) is -0.110. The van der Waals surface area contributed by atoms with Crippen LogP contribution in [0, 0.1) is 0 Å². The Bertz CT molecular complexity index is 395. The maximum absolute atomic E-state index is 10.8. The van der Waals surface area contributed by atoms with Gasteiger partial charge >= 0.3 is 0 Å². The van der Waals surface area contributed by atoms with E-state index in [4.69, 9.17) is 4.55 Å². The lowest BCUT2D eigenvalue weighted by atomic mass is 10.0. The number of likely N-dealkylation sites (N-methyl/N-ethyl adjacent to an activating group) is 1. The summed E-state index contributed by atoms with van der Waals surface area (Å²) in [6.07, 6.45) is 10.4. The van der Waals surface area contributed by atoms with E-state index >= 15 is 0 Å². The molecule has 0 amide bonds. The highest BCUT2D eigenvalue weighted by molar-refractivity contribution is 7.85. The van der Waals surface area contributed by atoms with Crippen LogP contribution < -0.4 is 0 Å². The van der Waals surface area contributed by atoms with Crippen LogP contribution >= 0.6 is 0 Å². The summed E-state index contributed by atoms with van der Waals surface area (Å²) in [6, 6.07) is 0.353. The number of quaternary nitrogens is 1. The number of unbranched alkanes of at least 4 members (excludes halogenated alkanes) is 7. The standard InChI is InChI=1S/C17H37NO4S/c1-5-6-7-8-9-10-11-12-13-16(2)18(3,4)14-17(19)15-23(20,21)22/h16-17,19H,5-15H2,1-4H3/p+1. The van der Waals surface area contributed by atoms with Gasteiger partial charge in [0, 0.05) is 0 Å². The highest BCUT2D eigenvalue weighted by atomic mass is 32.2. The fourth-order valence-electron chi connectivity index (χ4n) is 2.94. The summed E-state index contributed by atoms with van der Waals surface area (Å²) in [5.41, 5.74) is 0. The number of hydrogen-bond acceptors (Lipinski definition) is 3. The maximum atomic E-state index is 10.8. The molecule has 140 valence electrons. The van der Waals surface area contributed by atoms with Crippen LogP contribution in [0.5, 0.6) is 0 Å². The molecule has 0 aromatic carbocycles. The largest absolute Gasteiger partial charge is 0.386 e. The van der Waals surface area contributed by atoms with Crippen molar-refractivity contribution in [3.8, 4) is 0 Å². The van der Waals surface area contributed by atoms with E-state index in [1.807, 2.05) is 14.1 Å². The third-order valence-corrected chi connectivity index (χ3v) is 5.56. The summed E-state index contributed by atoms with van der Waals surface area (Å²) < 4.78 is 31.0. The summed E-state index contributed by atoms with van der Waals surface area (Å²) in [5, 5.41) is 9.83. The first kappa shape index (κ1) is 22.8. The molecule has 0 radical (unpaired) electrons. The SMILES string of the molecule is CCCCCCCCCCC(C)[N+](C)(C)CC(O)CS(=O)(=O)O. The molecule has 0 saturated carbocycles. The van der Waals surface area contributed by atoms with Crippen molar-refractivity contribution in [3.05, 3.63) is 0 Å². The molecule has 0 aliphatic carbocycles. The third kappa shape index (κ3) is 12.9. The maximum Gasteiger partial charge on any atom is 0.267 e. The molecule has 0 bridgehead atoms. The highest BCUT2D eigenvalue weighted by Gasteiger charge is 2.28. The third-order valence-electron chi connectivity index (χ3n) is 4.75. The van der Waals surface area contributed by atoms with Gasteiger partial charge in [-0.3, -0.25) is 4.55 Å². The Morgan fingerprint density at radius 3 is 1.91 bits per heavy atom. The first-order valence-electron chi connectivity index (χ1n) is 9.04. The molecule has 5 nitrogen and oxygen atoms in total. The zero-order valence-corrected chi connectivity index (χ0v) is 16.3. The molecule has 0 aromatic heterocycles. The second-order valence-corrected chi connectivity index (χ2v) is 8.97. The molecule has 6 heteroatoms. The molecule has 0 aliphatic heterocycles. The first-order chi connectivity index (χ1) is 10.6. The van der Waals surface area contributed by atoms with Gasteiger partial charge in [-0.2, -0.15) is 8.42 Å². The van der Waals surface area contributed by atoms with Gasteiger partial charge in [0.1, 0.15) is 18.4 Å². The van der Waals surface area contributed by atoms with E-state index in [-0.39, 0.29) is 0 Å². The van der Waals surface area contributed by atoms with Crippen LogP contribution in [0.3, 0.4) is 0 Å². The van der Waals surface area contributed by atoms with E-state index in [2.05, 4.69) is 13.8 Å². The highest BCUT2D eigenvalue weighted by Crippen LogP contribution is 2.17. The van der Waals surface area contributed by atoms with E-state index in [0.717, 1.165) is 6.42 Å². The normalized spacial score (nSPS) is 15.6. The molecule has 23 heavy (non-hydrogen) atoms. The van der Waals surface area contributed by atoms with Crippen molar-refractivity contribution in [1.82, 2.24) is 0 Å². The van der Waals surface area contributed by atoms with Gasteiger partial charge in [-0.25, -0.2) is 0 Å². The van der Waals surface area contributed by atoms with E-state index in [1.165, 1.54) is 51.4 Å². The predicted molar refractivity (Wildman–Crippen MR) is 96.1 cm³/mol. The summed E-state index contributed by atoms with van der Waals surface area (Å²) >= 11 is 0. The minimum absolute atomic E-state index is 0.331. The van der Waals surface area contributed by atoms with Gasteiger partial charge in [-0.1, -0.05) is 51.9 Å². The second-order valence-electron chi connectivity index (χ2n) is 7.48. The topological polar surface area (TPSA) is 74.6 Å². The Morgan fingerprint density at radius 1 is 0.957 bits per heavy atom. The van der Waals surface area contributed by atoms with Crippen molar-refractivity contribution in [2.75, 3.05) is 26.4 Å². The Labute approximate surface area is 143 Å². The Kier molecular flexibility index (Phi) is 11.3. The summed E-state index contributed by atoms with van der Waals surface area (Å²) in [5.74, 6) is -0.584. The molecule has 0 saturated heterocycles. The fraction of sp³-hybridized carbons (Fsp3) is 1.00. The van der Waals surface area contributed by atoms with E-state index in [9.17, 15) is 13.5 Å². The lowest BCUT2D eigenvalue weighted by Gasteiger charge is -2.37. The van der Waals surface area contributed by atoms with Gasteiger partial charge in [0.15, 0.2) is 0 Å². The molecule has 2 atom stereocenters. The summed E-state index contributed by atoms with van der Waals surface area (Å²) in [4.78, 5) is 0. The van der Waals surface area contributed by atoms with Crippen LogP contribution in [0.1, 0.15) is 71.6 Å². The lowest BCUT2D eigenvalue weighted by Crippen LogP contribution is -2.52. The van der Waals surface area contributed by atoms with Crippen LogP contribution in [0.2, 0.25) is 0 Å². The molecule has 0 aliphatic rings. The van der Waals surface area contributed by atoms with Crippen LogP contribution in [0.25, 0.3) is 0 Å². The minimum atomic E-state index is -4.12. The average molecular weight is 353 g/mol. The molecular formula is C17H38NO4S+. The molecule has 0 spiro atoms. The Balaban J connectivity index is 3.92. The van der Waals surface area contributed by atoms with E-state index in [1.54, 1.807) is 0 Å². The molecule has 0 fully saturated rings. The molecule has 2 N–H and O–H groups in total. The molecular weight excluding hydrogens is 314 g/mol. The van der Waals surface area contributed by atoms with Crippen LogP contribution in [0.15, 0.2) is 0 Å². The smallest absolute Gasteiger partial charge is 0.267 e. The quantitative estimate of drug-likeness (QED) is 0.286. The monoisotopic (exact) mass is 352 g/mol. The van der Waals surface area contributed by atoms with E-state index in [0.29, 0.717) is 17.1 Å². The Hall–Kier alpha value is -0.170. The van der Waals surface area contributed by atoms with Gasteiger partial charge in [-0.15, -0.1) is 0 Å². The fourth-order valence-corrected chi connectivity index (χ4v) is 3.53. The van der Waals surface area contributed by atoms with Crippen molar-refractivity contribution in [1.29, 1.82) is 0 Å². The van der Waals surface area contributed by atoms with Crippen LogP contribution in [-0.2, 0) is 10.1 Å². The van der Waals surface area contributed by atoms with Crippen molar-refractivity contribution < 1.29 is 22.6 Å². The van der Waals surface area contributed by atoms with Gasteiger partial charge in [0.2, 0.25) is 0 Å². The van der Waals surface area contributed by atoms with Crippen molar-refractivity contribution in [3.63, 3.8) is 0 Å². The van der Waals surface area contributed by atoms with Gasteiger partial charge < -0.3 is 9.59 Å². The number of hydrogen-bond donors (Lipinski definition) is 2. The molecule has 0 heterocycles. The van der Waals surface area contributed by atoms with Gasteiger partial charge in [-0.05, 0) is 19.8 Å². The molecule has 0 aromatic rings. The van der Waals surface area contributed by atoms with Crippen molar-refractivity contribution in [2.45, 2.75) is 83.8 Å². The van der Waals surface area contributed by atoms with Crippen molar-refractivity contribution in [2.24, 2.45) is 0 Å². The van der Waals surface area contributed by atoms with Crippen LogP contribution in [0.4, 0.5) is 0 Å². The zero-order chi connectivity index (χ0) is 17.9. The van der Waals surface area contributed by atoms with Gasteiger partial charge in [0.05, 0.1) is 20.1 Å².